The summed E-state index contributed by atoms with van der Waals surface area (Å²) in [5.74, 6) is 0.243. The molecule has 1 fully saturated rings. The summed E-state index contributed by atoms with van der Waals surface area (Å²) in [7, 11) is 0. The number of nitrogens with one attached hydrogen (secondary N) is 3. The van der Waals surface area contributed by atoms with Crippen molar-refractivity contribution in [3.8, 4) is 0 Å². The van der Waals surface area contributed by atoms with Gasteiger partial charge in [0.1, 0.15) is 0 Å². The Hall–Kier alpha value is -2.74. The molecule has 0 amide bonds. The SMILES string of the molecule is Fc1cnc(N2CCNCC2)nc1Nc1ccc2[nH]ncc2c1. The summed E-state index contributed by atoms with van der Waals surface area (Å²) in [5, 5.41) is 14.1. The molecular weight excluding hydrogens is 297 g/mol. The van der Waals surface area contributed by atoms with Crippen LogP contribution < -0.4 is 15.5 Å². The zero-order valence-corrected chi connectivity index (χ0v) is 12.4. The van der Waals surface area contributed by atoms with Crippen molar-refractivity contribution in [2.24, 2.45) is 0 Å². The molecule has 0 saturated carbocycles. The van der Waals surface area contributed by atoms with Crippen LogP contribution in [0.2, 0.25) is 0 Å². The number of benzene rings is 1. The lowest BCUT2D eigenvalue weighted by atomic mass is 10.2. The summed E-state index contributed by atoms with van der Waals surface area (Å²) in [6, 6.07) is 5.64. The maximum Gasteiger partial charge on any atom is 0.227 e. The molecule has 3 aromatic rings. The number of piperazine rings is 1. The second-order valence-corrected chi connectivity index (χ2v) is 5.40. The number of hydrogen-bond donors (Lipinski definition) is 3. The largest absolute Gasteiger partial charge is 0.338 e. The predicted octanol–water partition coefficient (Wildman–Crippen LogP) is 1.65. The van der Waals surface area contributed by atoms with E-state index in [1.165, 1.54) is 6.20 Å². The Morgan fingerprint density at radius 2 is 2.04 bits per heavy atom. The molecule has 0 aliphatic carbocycles. The molecule has 3 heterocycles. The fraction of sp³-hybridized carbons (Fsp3) is 0.267. The van der Waals surface area contributed by atoms with Crippen molar-refractivity contribution in [2.45, 2.75) is 0 Å². The van der Waals surface area contributed by atoms with Crippen LogP contribution in [0.5, 0.6) is 0 Å². The van der Waals surface area contributed by atoms with E-state index in [0.717, 1.165) is 42.8 Å². The van der Waals surface area contributed by atoms with Crippen molar-refractivity contribution in [1.29, 1.82) is 0 Å². The van der Waals surface area contributed by atoms with Gasteiger partial charge in [-0.1, -0.05) is 0 Å². The quantitative estimate of drug-likeness (QED) is 0.682. The Morgan fingerprint density at radius 1 is 1.17 bits per heavy atom. The first kappa shape index (κ1) is 13.9. The minimum atomic E-state index is -0.476. The third-order valence-electron chi connectivity index (χ3n) is 3.83. The molecule has 0 bridgehead atoms. The van der Waals surface area contributed by atoms with E-state index >= 15 is 0 Å². The molecule has 0 radical (unpaired) electrons. The Balaban J connectivity index is 1.61. The van der Waals surface area contributed by atoms with Gasteiger partial charge in [-0.25, -0.2) is 9.37 Å². The lowest BCUT2D eigenvalue weighted by Crippen LogP contribution is -2.44. The summed E-state index contributed by atoms with van der Waals surface area (Å²) in [6.45, 7) is 3.37. The molecule has 118 valence electrons. The number of nitrogens with zero attached hydrogens (tertiary/aromatic N) is 4. The van der Waals surface area contributed by atoms with Gasteiger partial charge in [-0.3, -0.25) is 5.10 Å². The van der Waals surface area contributed by atoms with Crippen molar-refractivity contribution < 1.29 is 4.39 Å². The van der Waals surface area contributed by atoms with Crippen molar-refractivity contribution in [3.05, 3.63) is 36.4 Å². The van der Waals surface area contributed by atoms with Crippen LogP contribution in [0.3, 0.4) is 0 Å². The minimum absolute atomic E-state index is 0.177. The number of hydrogen-bond acceptors (Lipinski definition) is 6. The molecule has 1 saturated heterocycles. The second-order valence-electron chi connectivity index (χ2n) is 5.40. The molecule has 1 aliphatic rings. The molecule has 23 heavy (non-hydrogen) atoms. The summed E-state index contributed by atoms with van der Waals surface area (Å²) >= 11 is 0. The molecule has 3 N–H and O–H groups in total. The van der Waals surface area contributed by atoms with Crippen molar-refractivity contribution in [1.82, 2.24) is 25.5 Å². The standard InChI is InChI=1S/C15H16FN7/c16-12-9-18-15(23-5-3-17-4-6-23)21-14(12)20-11-1-2-13-10(7-11)8-19-22-13/h1-2,7-9,17H,3-6H2,(H,19,22)(H,18,20,21). The van der Waals surface area contributed by atoms with Crippen LogP contribution in [0.15, 0.2) is 30.6 Å². The molecule has 8 heteroatoms. The number of aromatic nitrogens is 4. The normalized spacial score (nSPS) is 15.1. The van der Waals surface area contributed by atoms with Crippen LogP contribution in [0.25, 0.3) is 10.9 Å². The summed E-state index contributed by atoms with van der Waals surface area (Å²) < 4.78 is 14.0. The van der Waals surface area contributed by atoms with Gasteiger partial charge in [0.05, 0.1) is 17.9 Å². The molecule has 0 spiro atoms. The first-order valence-corrected chi connectivity index (χ1v) is 7.48. The molecular formula is C15H16FN7. The van der Waals surface area contributed by atoms with Crippen molar-refractivity contribution in [3.63, 3.8) is 0 Å². The van der Waals surface area contributed by atoms with Gasteiger partial charge >= 0.3 is 0 Å². The van der Waals surface area contributed by atoms with E-state index in [4.69, 9.17) is 0 Å². The highest BCUT2D eigenvalue weighted by Gasteiger charge is 2.15. The summed E-state index contributed by atoms with van der Waals surface area (Å²) in [4.78, 5) is 10.5. The summed E-state index contributed by atoms with van der Waals surface area (Å²) in [5.41, 5.74) is 1.68. The number of H-pyrrole nitrogens is 1. The van der Waals surface area contributed by atoms with Gasteiger partial charge in [0.15, 0.2) is 11.6 Å². The van der Waals surface area contributed by atoms with Gasteiger partial charge in [0.25, 0.3) is 0 Å². The van der Waals surface area contributed by atoms with Crippen LogP contribution in [-0.4, -0.2) is 46.3 Å². The van der Waals surface area contributed by atoms with E-state index in [0.29, 0.717) is 5.95 Å². The fourth-order valence-electron chi connectivity index (χ4n) is 2.62. The first-order valence-electron chi connectivity index (χ1n) is 7.48. The average Bonchev–Trinajstić information content (AvgIpc) is 3.05. The van der Waals surface area contributed by atoms with Crippen molar-refractivity contribution in [2.75, 3.05) is 36.4 Å². The lowest BCUT2D eigenvalue weighted by Gasteiger charge is -2.27. The van der Waals surface area contributed by atoms with Crippen molar-refractivity contribution >= 4 is 28.4 Å². The monoisotopic (exact) mass is 313 g/mol. The molecule has 4 rings (SSSR count). The lowest BCUT2D eigenvalue weighted by molar-refractivity contribution is 0.574. The van der Waals surface area contributed by atoms with Gasteiger partial charge in [0.2, 0.25) is 5.95 Å². The van der Waals surface area contributed by atoms with Gasteiger partial charge in [-0.15, -0.1) is 0 Å². The van der Waals surface area contributed by atoms with E-state index in [1.54, 1.807) is 6.20 Å². The maximum atomic E-state index is 14.0. The maximum absolute atomic E-state index is 14.0. The van der Waals surface area contributed by atoms with Gasteiger partial charge < -0.3 is 15.5 Å². The zero-order chi connectivity index (χ0) is 15.6. The van der Waals surface area contributed by atoms with Gasteiger partial charge in [0, 0.05) is 37.3 Å². The van der Waals surface area contributed by atoms with Crippen LogP contribution >= 0.6 is 0 Å². The minimum Gasteiger partial charge on any atom is -0.338 e. The summed E-state index contributed by atoms with van der Waals surface area (Å²) in [6.07, 6.45) is 2.94. The van der Waals surface area contributed by atoms with E-state index < -0.39 is 5.82 Å². The predicted molar refractivity (Wildman–Crippen MR) is 86.4 cm³/mol. The fourth-order valence-corrected chi connectivity index (χ4v) is 2.62. The third kappa shape index (κ3) is 2.80. The molecule has 1 aromatic carbocycles. The molecule has 0 unspecified atom stereocenters. The number of rotatable bonds is 3. The van der Waals surface area contributed by atoms with Crippen LogP contribution in [0.1, 0.15) is 0 Å². The Kier molecular flexibility index (Phi) is 3.51. The highest BCUT2D eigenvalue weighted by Crippen LogP contribution is 2.23. The third-order valence-corrected chi connectivity index (χ3v) is 3.83. The number of fused-ring (bicyclic) bond motifs is 1. The highest BCUT2D eigenvalue weighted by atomic mass is 19.1. The van der Waals surface area contributed by atoms with Gasteiger partial charge in [-0.2, -0.15) is 10.1 Å². The van der Waals surface area contributed by atoms with E-state index in [9.17, 15) is 4.39 Å². The number of aromatic amines is 1. The van der Waals surface area contributed by atoms with Crippen LogP contribution in [-0.2, 0) is 0 Å². The molecule has 2 aromatic heterocycles. The Labute approximate surface area is 131 Å². The first-order chi connectivity index (χ1) is 11.3. The van der Waals surface area contributed by atoms with E-state index in [-0.39, 0.29) is 5.82 Å². The van der Waals surface area contributed by atoms with Gasteiger partial charge in [-0.05, 0) is 18.2 Å². The topological polar surface area (TPSA) is 81.8 Å². The van der Waals surface area contributed by atoms with E-state index in [2.05, 4.69) is 30.8 Å². The smallest absolute Gasteiger partial charge is 0.227 e. The van der Waals surface area contributed by atoms with Crippen LogP contribution in [0.4, 0.5) is 21.8 Å². The molecule has 7 nitrogen and oxygen atoms in total. The molecule has 1 aliphatic heterocycles. The Morgan fingerprint density at radius 3 is 2.91 bits per heavy atom. The number of halogens is 1. The zero-order valence-electron chi connectivity index (χ0n) is 12.4. The number of anilines is 3. The highest BCUT2D eigenvalue weighted by molar-refractivity contribution is 5.82. The van der Waals surface area contributed by atoms with Crippen LogP contribution in [0, 0.1) is 5.82 Å². The average molecular weight is 313 g/mol. The second kappa shape index (κ2) is 5.81. The Bertz CT molecular complexity index is 826. The van der Waals surface area contributed by atoms with E-state index in [1.807, 2.05) is 23.1 Å². The molecule has 0 atom stereocenters.